The SMILES string of the molecule is BrN1CC1. The lowest BCUT2D eigenvalue weighted by Crippen LogP contribution is -1.57. The van der Waals surface area contributed by atoms with Crippen molar-refractivity contribution in [2.24, 2.45) is 0 Å². The van der Waals surface area contributed by atoms with Crippen molar-refractivity contribution in [3.8, 4) is 0 Å². The van der Waals surface area contributed by atoms with Crippen molar-refractivity contribution in [2.45, 2.75) is 0 Å². The predicted molar refractivity (Wildman–Crippen MR) is 20.5 cm³/mol. The van der Waals surface area contributed by atoms with Gasteiger partial charge in [0.25, 0.3) is 0 Å². The summed E-state index contributed by atoms with van der Waals surface area (Å²) in [6.45, 7) is 2.47. The molecule has 0 N–H and O–H groups in total. The van der Waals surface area contributed by atoms with Crippen LogP contribution in [0.4, 0.5) is 0 Å². The first-order valence-electron chi connectivity index (χ1n) is 1.30. The summed E-state index contributed by atoms with van der Waals surface area (Å²) in [5, 5.41) is 0. The average molecular weight is 122 g/mol. The van der Waals surface area contributed by atoms with Gasteiger partial charge in [-0.3, -0.25) is 0 Å². The van der Waals surface area contributed by atoms with Crippen LogP contribution in [0.15, 0.2) is 0 Å². The lowest BCUT2D eigenvalue weighted by atomic mass is 11.0. The van der Waals surface area contributed by atoms with E-state index < -0.39 is 0 Å². The second-order valence-electron chi connectivity index (χ2n) is 0.910. The van der Waals surface area contributed by atoms with Gasteiger partial charge in [-0.1, -0.05) is 0 Å². The molecule has 0 aromatic carbocycles. The maximum atomic E-state index is 3.22. The normalized spacial score (nSPS) is 26.2. The Morgan fingerprint density at radius 1 is 1.50 bits per heavy atom. The van der Waals surface area contributed by atoms with E-state index >= 15 is 0 Å². The number of nitrogens with zero attached hydrogens (tertiary/aromatic N) is 1. The molecule has 0 spiro atoms. The van der Waals surface area contributed by atoms with Gasteiger partial charge in [0.05, 0.1) is 0 Å². The molecule has 1 aliphatic rings. The van der Waals surface area contributed by atoms with Crippen LogP contribution in [0.1, 0.15) is 0 Å². The fourth-order valence-electron chi connectivity index (χ4n) is 0.0378. The van der Waals surface area contributed by atoms with Crippen LogP contribution >= 0.6 is 16.1 Å². The molecular formula is C2H4BrN. The molecular weight excluding hydrogens is 118 g/mol. The summed E-state index contributed by atoms with van der Waals surface area (Å²) >= 11 is 3.22. The lowest BCUT2D eigenvalue weighted by molar-refractivity contribution is 0.989. The zero-order valence-corrected chi connectivity index (χ0v) is 3.83. The summed E-state index contributed by atoms with van der Waals surface area (Å²) in [5.41, 5.74) is 0. The smallest absolute Gasteiger partial charge is 0.0230 e. The quantitative estimate of drug-likeness (QED) is 0.336. The zero-order chi connectivity index (χ0) is 2.99. The number of halogens is 1. The van der Waals surface area contributed by atoms with E-state index in [1.165, 1.54) is 13.1 Å². The van der Waals surface area contributed by atoms with Crippen LogP contribution in [0.2, 0.25) is 0 Å². The van der Waals surface area contributed by atoms with E-state index in [0.717, 1.165) is 0 Å². The molecule has 0 aromatic heterocycles. The minimum Gasteiger partial charge on any atom is -0.240 e. The first-order chi connectivity index (χ1) is 1.89. The molecule has 1 nitrogen and oxygen atoms in total. The molecule has 4 heavy (non-hydrogen) atoms. The number of hydrogen-bond donors (Lipinski definition) is 0. The molecule has 0 atom stereocenters. The Bertz CT molecular complexity index is 25.2. The summed E-state index contributed by atoms with van der Waals surface area (Å²) in [7, 11) is 0. The average Bonchev–Trinajstić information content (AvgIpc) is 1.75. The maximum absolute atomic E-state index is 3.22. The Kier molecular flexibility index (Phi) is 0.461. The van der Waals surface area contributed by atoms with Crippen molar-refractivity contribution in [1.29, 1.82) is 0 Å². The summed E-state index contributed by atoms with van der Waals surface area (Å²) < 4.78 is 2.06. The van der Waals surface area contributed by atoms with Crippen LogP contribution in [-0.4, -0.2) is 17.0 Å². The van der Waals surface area contributed by atoms with Crippen molar-refractivity contribution in [1.82, 2.24) is 3.93 Å². The second kappa shape index (κ2) is 0.692. The highest BCUT2D eigenvalue weighted by atomic mass is 79.9. The van der Waals surface area contributed by atoms with Crippen molar-refractivity contribution < 1.29 is 0 Å². The number of hydrogen-bond acceptors (Lipinski definition) is 1. The molecule has 0 unspecified atom stereocenters. The first-order valence-corrected chi connectivity index (χ1v) is 2.01. The highest BCUT2D eigenvalue weighted by Gasteiger charge is 2.10. The molecule has 0 saturated carbocycles. The minimum absolute atomic E-state index is 1.24. The van der Waals surface area contributed by atoms with E-state index in [2.05, 4.69) is 20.1 Å². The molecule has 24 valence electrons. The van der Waals surface area contributed by atoms with Crippen LogP contribution in [0.25, 0.3) is 0 Å². The first kappa shape index (κ1) is 2.67. The topological polar surface area (TPSA) is 3.01 Å². The van der Waals surface area contributed by atoms with Gasteiger partial charge in [-0.25, -0.2) is 3.93 Å². The summed E-state index contributed by atoms with van der Waals surface area (Å²) in [6, 6.07) is 0. The van der Waals surface area contributed by atoms with Gasteiger partial charge in [0, 0.05) is 29.2 Å². The molecule has 1 fully saturated rings. The Hall–Kier alpha value is 0.440. The van der Waals surface area contributed by atoms with Gasteiger partial charge < -0.3 is 0 Å². The largest absolute Gasteiger partial charge is 0.240 e. The lowest BCUT2D eigenvalue weighted by Gasteiger charge is -1.61. The predicted octanol–water partition coefficient (Wildman–Crippen LogP) is 0.612. The molecule has 1 saturated heterocycles. The van der Waals surface area contributed by atoms with Crippen LogP contribution in [0.3, 0.4) is 0 Å². The van der Waals surface area contributed by atoms with E-state index in [0.29, 0.717) is 0 Å². The Labute approximate surface area is 33.9 Å². The summed E-state index contributed by atoms with van der Waals surface area (Å²) in [4.78, 5) is 0. The third-order valence-electron chi connectivity index (χ3n) is 0.393. The highest BCUT2D eigenvalue weighted by molar-refractivity contribution is 9.07. The van der Waals surface area contributed by atoms with E-state index in [1.807, 2.05) is 0 Å². The van der Waals surface area contributed by atoms with Gasteiger partial charge in [-0.2, -0.15) is 0 Å². The maximum Gasteiger partial charge on any atom is 0.0230 e. The van der Waals surface area contributed by atoms with Gasteiger partial charge in [0.1, 0.15) is 0 Å². The molecule has 1 rings (SSSR count). The molecule has 0 aliphatic carbocycles. The molecule has 1 aliphatic heterocycles. The van der Waals surface area contributed by atoms with Crippen molar-refractivity contribution in [2.75, 3.05) is 13.1 Å². The molecule has 0 aromatic rings. The molecule has 1 heterocycles. The Morgan fingerprint density at radius 2 is 1.75 bits per heavy atom. The second-order valence-corrected chi connectivity index (χ2v) is 1.91. The van der Waals surface area contributed by atoms with Crippen molar-refractivity contribution >= 4 is 16.1 Å². The summed E-state index contributed by atoms with van der Waals surface area (Å²) in [6.07, 6.45) is 0. The Balaban J connectivity index is 2.17. The van der Waals surface area contributed by atoms with Gasteiger partial charge in [-0.05, 0) is 0 Å². The van der Waals surface area contributed by atoms with Crippen LogP contribution in [-0.2, 0) is 0 Å². The van der Waals surface area contributed by atoms with Crippen molar-refractivity contribution in [3.63, 3.8) is 0 Å². The fraction of sp³-hybridized carbons (Fsp3) is 1.00. The van der Waals surface area contributed by atoms with Gasteiger partial charge in [-0.15, -0.1) is 0 Å². The van der Waals surface area contributed by atoms with E-state index in [1.54, 1.807) is 0 Å². The molecule has 0 radical (unpaired) electrons. The fourth-order valence-corrected chi connectivity index (χ4v) is 0.196. The summed E-state index contributed by atoms with van der Waals surface area (Å²) in [5.74, 6) is 0. The Morgan fingerprint density at radius 3 is 1.75 bits per heavy atom. The standard InChI is InChI=1S/C2H4BrN/c3-4-1-2-4/h1-2H2. The molecule has 0 amide bonds. The third-order valence-corrected chi connectivity index (χ3v) is 1.10. The van der Waals surface area contributed by atoms with Crippen LogP contribution < -0.4 is 0 Å². The molecule has 2 heteroatoms. The van der Waals surface area contributed by atoms with Crippen molar-refractivity contribution in [3.05, 3.63) is 0 Å². The third kappa shape index (κ3) is 0.428. The van der Waals surface area contributed by atoms with E-state index in [4.69, 9.17) is 0 Å². The van der Waals surface area contributed by atoms with Crippen LogP contribution in [0.5, 0.6) is 0 Å². The van der Waals surface area contributed by atoms with Gasteiger partial charge >= 0.3 is 0 Å². The zero-order valence-electron chi connectivity index (χ0n) is 2.24. The minimum atomic E-state index is 1.24. The highest BCUT2D eigenvalue weighted by Crippen LogP contribution is 2.07. The van der Waals surface area contributed by atoms with Gasteiger partial charge in [0.2, 0.25) is 0 Å². The van der Waals surface area contributed by atoms with E-state index in [9.17, 15) is 0 Å². The molecule has 0 bridgehead atoms. The van der Waals surface area contributed by atoms with Gasteiger partial charge in [0.15, 0.2) is 0 Å². The monoisotopic (exact) mass is 121 g/mol. The van der Waals surface area contributed by atoms with E-state index in [-0.39, 0.29) is 0 Å². The van der Waals surface area contributed by atoms with Crippen LogP contribution in [0, 0.1) is 0 Å². The number of rotatable bonds is 0.